The van der Waals surface area contributed by atoms with Gasteiger partial charge in [-0.05, 0) is 207 Å². The summed E-state index contributed by atoms with van der Waals surface area (Å²) in [6, 6.07) is 58.7. The smallest absolute Gasteiger partial charge is 0.266 e. The number of ether oxygens (including phenoxy) is 2. The van der Waals surface area contributed by atoms with Crippen LogP contribution in [0.2, 0.25) is 0 Å². The summed E-state index contributed by atoms with van der Waals surface area (Å²) in [6.07, 6.45) is 22.0. The third-order valence-corrected chi connectivity index (χ3v) is 18.0. The molecule has 0 fully saturated rings. The maximum absolute atomic E-state index is 14.2. The van der Waals surface area contributed by atoms with Crippen molar-refractivity contribution in [2.75, 3.05) is 38.2 Å². The molecule has 22 nitrogen and oxygen atoms in total. The van der Waals surface area contributed by atoms with E-state index in [1.807, 2.05) is 6.92 Å². The summed E-state index contributed by atoms with van der Waals surface area (Å²) >= 11 is 0. The van der Waals surface area contributed by atoms with Gasteiger partial charge in [-0.1, -0.05) is 59.6 Å². The normalized spacial score (nSPS) is 11.8. The highest BCUT2D eigenvalue weighted by atomic mass is 16.5. The number of amides is 8. The number of hydrogen-bond acceptors (Lipinski definition) is 14. The van der Waals surface area contributed by atoms with Gasteiger partial charge in [0.1, 0.15) is 17.2 Å². The molecule has 0 spiro atoms. The van der Waals surface area contributed by atoms with Crippen LogP contribution in [0.1, 0.15) is 111 Å². The van der Waals surface area contributed by atoms with Gasteiger partial charge in [-0.25, -0.2) is 18.9 Å². The number of methoxy groups -OCH3 is 1. The highest BCUT2D eigenvalue weighted by Gasteiger charge is 2.39. The van der Waals surface area contributed by atoms with Crippen molar-refractivity contribution < 1.29 is 47.8 Å². The van der Waals surface area contributed by atoms with Crippen LogP contribution >= 0.6 is 0 Å². The lowest BCUT2D eigenvalue weighted by molar-refractivity contribution is 0.0910. The van der Waals surface area contributed by atoms with E-state index in [2.05, 4.69) is 44.9 Å². The molecule has 0 unspecified atom stereocenters. The number of carbonyl (C=O) groups excluding carboxylic acids is 8. The first-order chi connectivity index (χ1) is 53.1. The summed E-state index contributed by atoms with van der Waals surface area (Å²) in [4.78, 5) is 165. The molecular weight excluding hydrogens is 1390 g/mol. The molecular formula is C88H52N8O14. The van der Waals surface area contributed by atoms with E-state index in [-0.39, 0.29) is 83.1 Å². The van der Waals surface area contributed by atoms with Gasteiger partial charge in [0.15, 0.2) is 0 Å². The van der Waals surface area contributed by atoms with E-state index in [0.717, 1.165) is 24.5 Å². The Morgan fingerprint density at radius 3 is 1.01 bits per heavy atom. The van der Waals surface area contributed by atoms with Crippen molar-refractivity contribution in [1.82, 2.24) is 9.13 Å². The molecule has 0 saturated heterocycles. The Balaban J connectivity index is 0.000000213. The van der Waals surface area contributed by atoms with Gasteiger partial charge in [-0.15, -0.1) is 25.7 Å². The fraction of sp³-hybridized carbons (Fsp3) is 0.0227. The molecule has 8 amide bonds. The zero-order chi connectivity index (χ0) is 77.3. The number of rotatable bonds is 15. The second-order valence-electron chi connectivity index (χ2n) is 25.0. The minimum atomic E-state index is -0.868. The summed E-state index contributed by atoms with van der Waals surface area (Å²) in [7, 11) is 1.47. The van der Waals surface area contributed by atoms with E-state index in [0.29, 0.717) is 67.9 Å². The number of imide groups is 2. The van der Waals surface area contributed by atoms with Gasteiger partial charge in [0, 0.05) is 67.3 Å². The van der Waals surface area contributed by atoms with Crippen LogP contribution in [0.3, 0.4) is 0 Å². The van der Waals surface area contributed by atoms with Crippen LogP contribution in [0, 0.1) is 56.3 Å². The predicted molar refractivity (Wildman–Crippen MR) is 416 cm³/mol. The number of carbonyl (C=O) groups is 8. The lowest BCUT2D eigenvalue weighted by Crippen LogP contribution is -2.30. The molecule has 22 heteroatoms. The molecule has 0 atom stereocenters. The minimum Gasteiger partial charge on any atom is -0.497 e. The average molecular weight is 1450 g/mol. The molecule has 11 aromatic carbocycles. The largest absolute Gasteiger partial charge is 0.497 e. The zero-order valence-electron chi connectivity index (χ0n) is 57.8. The molecule has 2 aliphatic heterocycles. The van der Waals surface area contributed by atoms with Gasteiger partial charge < -0.3 is 30.7 Å². The lowest BCUT2D eigenvalue weighted by atomic mass is 10.1. The predicted octanol–water partition coefficient (Wildman–Crippen LogP) is 12.2. The molecule has 0 radical (unpaired) electrons. The Morgan fingerprint density at radius 2 is 0.636 bits per heavy atom. The maximum Gasteiger partial charge on any atom is 0.266 e. The summed E-state index contributed by atoms with van der Waals surface area (Å²) in [6.45, 7) is 1.82. The molecule has 110 heavy (non-hydrogen) atoms. The third-order valence-electron chi connectivity index (χ3n) is 18.0. The molecule has 0 saturated carbocycles. The monoisotopic (exact) mass is 1440 g/mol. The number of aryl methyl sites for hydroxylation is 1. The van der Waals surface area contributed by atoms with Crippen LogP contribution in [0.4, 0.5) is 34.1 Å². The molecule has 15 rings (SSSR count). The van der Waals surface area contributed by atoms with E-state index in [1.165, 1.54) is 86.0 Å². The third kappa shape index (κ3) is 13.6. The van der Waals surface area contributed by atoms with Crippen LogP contribution in [0.15, 0.2) is 250 Å². The number of nitrogens with one attached hydrogen (secondary N) is 4. The van der Waals surface area contributed by atoms with Gasteiger partial charge in [0.2, 0.25) is 0 Å². The summed E-state index contributed by atoms with van der Waals surface area (Å²) < 4.78 is 12.9. The molecule has 13 aromatic rings. The Kier molecular flexibility index (Phi) is 18.7. The molecule has 2 aliphatic rings. The standard InChI is InChI=1S/C55H31N5O10.C33H21N3O4/c1-4-30-8-6-10-34(22-30)56-48(61)32-24-33(49(62)57-35-11-7-9-31(5-2)23-35)26-38(25-32)60-54(67)46-28-44-45(29-47(46)55(60)68)53(66)59(52(44)65)37-14-18-40(19-15-37)70-39-16-12-36(13-17-39)58-50(63)42-21-20-41(69-3)27-43(42)51(58)64;1-4-21-8-6-10-25(15-21)34-30(37)23-17-24(31(38)35-26-11-7-9-22(5-2)16-26)19-27(18-23)36-32(39)28-13-12-20(3)14-29(28)33(36)40/h1-2,6-29H,3H3,(H,56,61)(H,57,62);1-2,6-19H,3H3,(H,34,37)(H,35,38). The van der Waals surface area contributed by atoms with Crippen molar-refractivity contribution in [2.24, 2.45) is 0 Å². The minimum absolute atomic E-state index is 0.0545. The quantitative estimate of drug-likeness (QED) is 0.0548. The van der Waals surface area contributed by atoms with E-state index >= 15 is 0 Å². The van der Waals surface area contributed by atoms with Crippen molar-refractivity contribution in [3.63, 3.8) is 0 Å². The van der Waals surface area contributed by atoms with Crippen molar-refractivity contribution in [3.05, 3.63) is 344 Å². The number of fused-ring (bicyclic) bond motifs is 4. The summed E-state index contributed by atoms with van der Waals surface area (Å²) in [5.41, 5.74) is 2.65. The number of hydrogen-bond donors (Lipinski definition) is 4. The van der Waals surface area contributed by atoms with Gasteiger partial charge in [-0.3, -0.25) is 57.5 Å². The lowest BCUT2D eigenvalue weighted by Gasteiger charge is -2.17. The van der Waals surface area contributed by atoms with Gasteiger partial charge in [0.05, 0.1) is 73.7 Å². The number of terminal acetylenes is 4. The molecule has 528 valence electrons. The maximum atomic E-state index is 14.2. The van der Waals surface area contributed by atoms with Gasteiger partial charge in [-0.2, -0.15) is 0 Å². The summed E-state index contributed by atoms with van der Waals surface area (Å²) in [5.74, 6) is 6.57. The second-order valence-corrected chi connectivity index (χ2v) is 25.0. The Labute approximate surface area is 624 Å². The molecule has 4 heterocycles. The highest BCUT2D eigenvalue weighted by Crippen LogP contribution is 2.35. The first-order valence-electron chi connectivity index (χ1n) is 33.3. The summed E-state index contributed by atoms with van der Waals surface area (Å²) in [5, 5.41) is 10.3. The molecule has 0 aliphatic carbocycles. The van der Waals surface area contributed by atoms with Crippen LogP contribution in [-0.4, -0.2) is 63.5 Å². The van der Waals surface area contributed by atoms with Crippen LogP contribution in [0.25, 0.3) is 32.9 Å². The number of benzene rings is 11. The Bertz CT molecular complexity index is 6350. The van der Waals surface area contributed by atoms with E-state index in [9.17, 15) is 57.5 Å². The first kappa shape index (κ1) is 70.7. The number of nitrogens with zero attached hydrogens (tertiary/aromatic N) is 4. The topological polar surface area (TPSA) is 288 Å². The van der Waals surface area contributed by atoms with E-state index < -0.39 is 69.5 Å². The van der Waals surface area contributed by atoms with Gasteiger partial charge >= 0.3 is 0 Å². The van der Waals surface area contributed by atoms with Crippen molar-refractivity contribution >= 4 is 103 Å². The fourth-order valence-corrected chi connectivity index (χ4v) is 12.6. The van der Waals surface area contributed by atoms with Crippen molar-refractivity contribution in [3.8, 4) is 78.0 Å². The SMILES string of the molecule is C#Cc1cccc(NC(=O)c2cc(C(=O)Nc3cccc(C#C)c3)cc(-n3c(=O)c4cc5c(=O)n(-c6ccc(Oc7ccc(N8C(=O)c9ccc(OC)cc9C8=O)cc7)cc6)c(=O)c5cc4c3=O)c2)c1.C#Cc1cccc(NC(=O)c2cc(C(=O)Nc3cccc(C#C)c3)cc(N3C(=O)c4ccc(C)cc4C3=O)c2)c1. The van der Waals surface area contributed by atoms with Crippen LogP contribution < -0.4 is 62.8 Å². The Hall–Kier alpha value is -16.3. The zero-order valence-corrected chi connectivity index (χ0v) is 57.8. The second kappa shape index (κ2) is 29.1. The van der Waals surface area contributed by atoms with E-state index in [1.54, 1.807) is 152 Å². The van der Waals surface area contributed by atoms with Crippen molar-refractivity contribution in [1.29, 1.82) is 0 Å². The van der Waals surface area contributed by atoms with E-state index in [4.69, 9.17) is 35.2 Å². The Morgan fingerprint density at radius 1 is 0.318 bits per heavy atom. The highest BCUT2D eigenvalue weighted by molar-refractivity contribution is 6.35. The molecule has 0 bridgehead atoms. The van der Waals surface area contributed by atoms with Crippen molar-refractivity contribution in [2.45, 2.75) is 6.92 Å². The van der Waals surface area contributed by atoms with Gasteiger partial charge in [0.25, 0.3) is 69.5 Å². The molecule has 4 N–H and O–H groups in total. The fourth-order valence-electron chi connectivity index (χ4n) is 12.6. The number of aromatic nitrogens is 2. The average Bonchev–Trinajstić information content (AvgIpc) is 1.57. The molecule has 2 aromatic heterocycles. The van der Waals surface area contributed by atoms with Crippen LogP contribution in [0.5, 0.6) is 17.2 Å². The van der Waals surface area contributed by atoms with Crippen LogP contribution in [-0.2, 0) is 0 Å². The first-order valence-corrected chi connectivity index (χ1v) is 33.3. The number of anilines is 6.